The van der Waals surface area contributed by atoms with Gasteiger partial charge in [0.2, 0.25) is 0 Å². The van der Waals surface area contributed by atoms with Crippen LogP contribution in [-0.2, 0) is 12.6 Å². The molecule has 1 aromatic heterocycles. The first-order valence-corrected chi connectivity index (χ1v) is 9.15. The molecule has 0 aliphatic carbocycles. The van der Waals surface area contributed by atoms with Crippen molar-refractivity contribution in [2.45, 2.75) is 12.6 Å². The average Bonchev–Trinajstić information content (AvgIpc) is 3.11. The second kappa shape index (κ2) is 8.30. The highest BCUT2D eigenvalue weighted by Crippen LogP contribution is 2.30. The van der Waals surface area contributed by atoms with Crippen molar-refractivity contribution in [3.63, 3.8) is 0 Å². The minimum Gasteiger partial charge on any atom is -0.508 e. The molecule has 3 rings (SSSR count). The van der Waals surface area contributed by atoms with Gasteiger partial charge in [0, 0.05) is 17.6 Å². The van der Waals surface area contributed by atoms with E-state index in [9.17, 15) is 23.1 Å². The number of carbonyl (C=O) groups is 1. The number of aromatic hydroxyl groups is 1. The Morgan fingerprint density at radius 2 is 1.75 bits per heavy atom. The van der Waals surface area contributed by atoms with E-state index in [1.807, 2.05) is 0 Å². The minimum absolute atomic E-state index is 0.184. The minimum atomic E-state index is -4.38. The molecule has 0 spiro atoms. The van der Waals surface area contributed by atoms with E-state index < -0.39 is 11.7 Å². The molecule has 0 aliphatic heterocycles. The molecule has 1 heterocycles. The molecule has 0 fully saturated rings. The van der Waals surface area contributed by atoms with Gasteiger partial charge in [-0.1, -0.05) is 12.1 Å². The molecule has 28 heavy (non-hydrogen) atoms. The third-order valence-electron chi connectivity index (χ3n) is 3.84. The van der Waals surface area contributed by atoms with E-state index in [-0.39, 0.29) is 17.4 Å². The number of phenolic OH excluding ortho intramolecular Hbond substituents is 1. The van der Waals surface area contributed by atoms with Crippen LogP contribution in [0, 0.1) is 0 Å². The fraction of sp³-hybridized carbons (Fsp3) is 0.158. The number of phenols is 1. The molecule has 9 heteroatoms. The highest BCUT2D eigenvalue weighted by molar-refractivity contribution is 7.14. The van der Waals surface area contributed by atoms with Crippen molar-refractivity contribution in [2.24, 2.45) is 0 Å². The lowest BCUT2D eigenvalue weighted by Gasteiger charge is -2.07. The smallest absolute Gasteiger partial charge is 0.416 e. The van der Waals surface area contributed by atoms with Crippen molar-refractivity contribution in [2.75, 3.05) is 11.9 Å². The average molecular weight is 407 g/mol. The summed E-state index contributed by atoms with van der Waals surface area (Å²) in [6.07, 6.45) is -3.78. The molecule has 1 amide bonds. The van der Waals surface area contributed by atoms with Crippen LogP contribution < -0.4 is 10.6 Å². The van der Waals surface area contributed by atoms with E-state index in [0.717, 1.165) is 17.7 Å². The lowest BCUT2D eigenvalue weighted by Crippen LogP contribution is -2.25. The number of anilines is 2. The number of benzene rings is 2. The summed E-state index contributed by atoms with van der Waals surface area (Å²) in [5, 5.41) is 16.9. The van der Waals surface area contributed by atoms with Crippen LogP contribution >= 0.6 is 11.3 Å². The zero-order valence-electron chi connectivity index (χ0n) is 14.5. The molecule has 0 bridgehead atoms. The van der Waals surface area contributed by atoms with E-state index in [0.29, 0.717) is 23.8 Å². The summed E-state index contributed by atoms with van der Waals surface area (Å²) >= 11 is 1.18. The first-order valence-electron chi connectivity index (χ1n) is 8.27. The fourth-order valence-corrected chi connectivity index (χ4v) is 3.09. The van der Waals surface area contributed by atoms with E-state index >= 15 is 0 Å². The first-order chi connectivity index (χ1) is 13.3. The van der Waals surface area contributed by atoms with Crippen LogP contribution in [0.5, 0.6) is 5.75 Å². The molecular formula is C19H16F3N3O2S. The van der Waals surface area contributed by atoms with Gasteiger partial charge in [0.1, 0.15) is 11.4 Å². The van der Waals surface area contributed by atoms with Crippen molar-refractivity contribution < 1.29 is 23.1 Å². The molecule has 0 radical (unpaired) electrons. The fourth-order valence-electron chi connectivity index (χ4n) is 2.38. The Kier molecular flexibility index (Phi) is 5.84. The van der Waals surface area contributed by atoms with E-state index in [2.05, 4.69) is 15.6 Å². The van der Waals surface area contributed by atoms with Crippen molar-refractivity contribution in [3.05, 3.63) is 70.7 Å². The van der Waals surface area contributed by atoms with Gasteiger partial charge in [-0.2, -0.15) is 13.2 Å². The van der Waals surface area contributed by atoms with Crippen LogP contribution in [-0.4, -0.2) is 22.5 Å². The van der Waals surface area contributed by atoms with Crippen LogP contribution in [0.15, 0.2) is 53.9 Å². The predicted octanol–water partition coefficient (Wildman–Crippen LogP) is 4.58. The molecule has 3 N–H and O–H groups in total. The molecule has 146 valence electrons. The SMILES string of the molecule is O=C(NCCc1ccc(O)cc1)c1csc(Nc2ccc(C(F)(F)F)cc2)n1. The van der Waals surface area contributed by atoms with Crippen LogP contribution in [0.4, 0.5) is 24.0 Å². The van der Waals surface area contributed by atoms with Gasteiger partial charge in [0.05, 0.1) is 5.56 Å². The molecule has 0 saturated carbocycles. The third-order valence-corrected chi connectivity index (χ3v) is 4.59. The van der Waals surface area contributed by atoms with Crippen molar-refractivity contribution >= 4 is 28.1 Å². The molecule has 0 unspecified atom stereocenters. The summed E-state index contributed by atoms with van der Waals surface area (Å²) in [5.41, 5.74) is 0.915. The van der Waals surface area contributed by atoms with Crippen molar-refractivity contribution in [3.8, 4) is 5.75 Å². The largest absolute Gasteiger partial charge is 0.508 e. The monoisotopic (exact) mass is 407 g/mol. The predicted molar refractivity (Wildman–Crippen MR) is 101 cm³/mol. The summed E-state index contributed by atoms with van der Waals surface area (Å²) < 4.78 is 37.7. The molecule has 0 saturated heterocycles. The maximum absolute atomic E-state index is 12.6. The Morgan fingerprint density at radius 1 is 1.07 bits per heavy atom. The highest BCUT2D eigenvalue weighted by atomic mass is 32.1. The quantitative estimate of drug-likeness (QED) is 0.559. The maximum Gasteiger partial charge on any atom is 0.416 e. The molecule has 2 aromatic carbocycles. The van der Waals surface area contributed by atoms with Gasteiger partial charge in [-0.3, -0.25) is 4.79 Å². The summed E-state index contributed by atoms with van der Waals surface area (Å²) in [5.74, 6) is -0.154. The Labute approximate surface area is 162 Å². The van der Waals surface area contributed by atoms with Gasteiger partial charge in [-0.05, 0) is 48.4 Å². The molecule has 5 nitrogen and oxygen atoms in total. The van der Waals surface area contributed by atoms with Crippen LogP contribution in [0.1, 0.15) is 21.6 Å². The number of amides is 1. The number of hydrogen-bond donors (Lipinski definition) is 3. The highest BCUT2D eigenvalue weighted by Gasteiger charge is 2.29. The topological polar surface area (TPSA) is 74.2 Å². The summed E-state index contributed by atoms with van der Waals surface area (Å²) in [6.45, 7) is 0.406. The number of nitrogens with zero attached hydrogens (tertiary/aromatic N) is 1. The lowest BCUT2D eigenvalue weighted by atomic mass is 10.1. The van der Waals surface area contributed by atoms with E-state index in [1.54, 1.807) is 29.6 Å². The number of nitrogens with one attached hydrogen (secondary N) is 2. The molecule has 0 aliphatic rings. The second-order valence-corrected chi connectivity index (χ2v) is 6.77. The first kappa shape index (κ1) is 19.7. The standard InChI is InChI=1S/C19H16F3N3O2S/c20-19(21,22)13-3-5-14(6-4-13)24-18-25-16(11-28-18)17(27)23-10-9-12-1-7-15(26)8-2-12/h1-8,11,26H,9-10H2,(H,23,27)(H,24,25). The molecule has 3 aromatic rings. The molecular weight excluding hydrogens is 391 g/mol. The lowest BCUT2D eigenvalue weighted by molar-refractivity contribution is -0.137. The zero-order chi connectivity index (χ0) is 20.1. The Bertz CT molecular complexity index is 938. The Balaban J connectivity index is 1.53. The zero-order valence-corrected chi connectivity index (χ0v) is 15.3. The van der Waals surface area contributed by atoms with Crippen LogP contribution in [0.25, 0.3) is 0 Å². The number of halogens is 3. The number of aromatic nitrogens is 1. The summed E-state index contributed by atoms with van der Waals surface area (Å²) in [6, 6.07) is 11.3. The maximum atomic E-state index is 12.6. The van der Waals surface area contributed by atoms with Crippen molar-refractivity contribution in [1.29, 1.82) is 0 Å². The number of hydrogen-bond acceptors (Lipinski definition) is 5. The number of rotatable bonds is 6. The van der Waals surface area contributed by atoms with E-state index in [4.69, 9.17) is 0 Å². The van der Waals surface area contributed by atoms with Gasteiger partial charge in [-0.15, -0.1) is 11.3 Å². The number of alkyl halides is 3. The van der Waals surface area contributed by atoms with Crippen LogP contribution in [0.3, 0.4) is 0 Å². The van der Waals surface area contributed by atoms with Gasteiger partial charge in [0.15, 0.2) is 5.13 Å². The summed E-state index contributed by atoms with van der Waals surface area (Å²) in [7, 11) is 0. The summed E-state index contributed by atoms with van der Waals surface area (Å²) in [4.78, 5) is 16.3. The van der Waals surface area contributed by atoms with Crippen molar-refractivity contribution in [1.82, 2.24) is 10.3 Å². The van der Waals surface area contributed by atoms with E-state index in [1.165, 1.54) is 23.5 Å². The second-order valence-electron chi connectivity index (χ2n) is 5.91. The van der Waals surface area contributed by atoms with Gasteiger partial charge in [0.25, 0.3) is 5.91 Å². The van der Waals surface area contributed by atoms with Gasteiger partial charge >= 0.3 is 6.18 Å². The molecule has 0 atom stereocenters. The number of carbonyl (C=O) groups excluding carboxylic acids is 1. The Hall–Kier alpha value is -3.07. The number of thiazole rings is 1. The Morgan fingerprint density at radius 3 is 2.39 bits per heavy atom. The third kappa shape index (κ3) is 5.23. The van der Waals surface area contributed by atoms with Crippen LogP contribution in [0.2, 0.25) is 0 Å². The van der Waals surface area contributed by atoms with Gasteiger partial charge in [-0.25, -0.2) is 4.98 Å². The van der Waals surface area contributed by atoms with Gasteiger partial charge < -0.3 is 15.7 Å². The normalized spacial score (nSPS) is 11.2.